The molecule has 1 N–H and O–H groups in total. The van der Waals surface area contributed by atoms with Gasteiger partial charge in [-0.3, -0.25) is 4.98 Å². The Bertz CT molecular complexity index is 254. The Morgan fingerprint density at radius 1 is 1.40 bits per heavy atom. The highest BCUT2D eigenvalue weighted by atomic mass is 16.5. The van der Waals surface area contributed by atoms with E-state index in [0.717, 1.165) is 18.8 Å². The van der Waals surface area contributed by atoms with Crippen molar-refractivity contribution in [1.29, 1.82) is 0 Å². The highest BCUT2D eigenvalue weighted by molar-refractivity contribution is 5.02. The van der Waals surface area contributed by atoms with Gasteiger partial charge in [0.1, 0.15) is 0 Å². The van der Waals surface area contributed by atoms with E-state index in [1.165, 1.54) is 0 Å². The molecule has 4 nitrogen and oxygen atoms in total. The molecule has 0 aliphatic rings. The largest absolute Gasteiger partial charge is 0.382 e. The molecule has 0 aliphatic heterocycles. The third-order valence-electron chi connectivity index (χ3n) is 2.09. The molecule has 84 valence electrons. The number of pyridine rings is 1. The Morgan fingerprint density at radius 3 is 2.87 bits per heavy atom. The molecule has 0 fully saturated rings. The van der Waals surface area contributed by atoms with Crippen molar-refractivity contribution in [2.24, 2.45) is 0 Å². The van der Waals surface area contributed by atoms with E-state index in [1.807, 2.05) is 18.2 Å². The fourth-order valence-corrected chi connectivity index (χ4v) is 1.26. The van der Waals surface area contributed by atoms with Crippen molar-refractivity contribution in [3.05, 3.63) is 30.1 Å². The standard InChI is InChI=1S/C11H18N2O2/c1-14-9-11(15-2)8-12-7-10-5-3-4-6-13-10/h3-6,11-12H,7-9H2,1-2H3. The second kappa shape index (κ2) is 7.34. The van der Waals surface area contributed by atoms with Crippen molar-refractivity contribution >= 4 is 0 Å². The Hall–Kier alpha value is -0.970. The van der Waals surface area contributed by atoms with Crippen molar-refractivity contribution in [1.82, 2.24) is 10.3 Å². The van der Waals surface area contributed by atoms with Crippen LogP contribution in [0.5, 0.6) is 0 Å². The van der Waals surface area contributed by atoms with Crippen LogP contribution in [0, 0.1) is 0 Å². The average Bonchev–Trinajstić information content (AvgIpc) is 2.29. The Kier molecular flexibility index (Phi) is 5.92. The molecular formula is C11H18N2O2. The average molecular weight is 210 g/mol. The van der Waals surface area contributed by atoms with Gasteiger partial charge in [0.2, 0.25) is 0 Å². The van der Waals surface area contributed by atoms with Crippen LogP contribution >= 0.6 is 0 Å². The van der Waals surface area contributed by atoms with Gasteiger partial charge in [0, 0.05) is 33.5 Å². The summed E-state index contributed by atoms with van der Waals surface area (Å²) in [4.78, 5) is 4.21. The van der Waals surface area contributed by atoms with Gasteiger partial charge in [-0.1, -0.05) is 6.07 Å². The highest BCUT2D eigenvalue weighted by Crippen LogP contribution is 1.93. The number of methoxy groups -OCH3 is 2. The number of nitrogens with zero attached hydrogens (tertiary/aromatic N) is 1. The minimum atomic E-state index is 0.0960. The first-order chi connectivity index (χ1) is 7.36. The SMILES string of the molecule is COCC(CNCc1ccccn1)OC. The molecule has 0 amide bonds. The molecular weight excluding hydrogens is 192 g/mol. The van der Waals surface area contributed by atoms with Crippen LogP contribution in [0.3, 0.4) is 0 Å². The van der Waals surface area contributed by atoms with Crippen LogP contribution in [0.15, 0.2) is 24.4 Å². The lowest BCUT2D eigenvalue weighted by Crippen LogP contribution is -2.31. The lowest BCUT2D eigenvalue weighted by molar-refractivity contribution is 0.0287. The van der Waals surface area contributed by atoms with E-state index >= 15 is 0 Å². The lowest BCUT2D eigenvalue weighted by Gasteiger charge is -2.14. The normalized spacial score (nSPS) is 12.7. The summed E-state index contributed by atoms with van der Waals surface area (Å²) in [5.74, 6) is 0. The number of rotatable bonds is 7. The van der Waals surface area contributed by atoms with Crippen LogP contribution in [-0.2, 0) is 16.0 Å². The molecule has 0 radical (unpaired) electrons. The zero-order valence-electron chi connectivity index (χ0n) is 9.27. The first-order valence-corrected chi connectivity index (χ1v) is 4.99. The smallest absolute Gasteiger partial charge is 0.0928 e. The number of hydrogen-bond acceptors (Lipinski definition) is 4. The van der Waals surface area contributed by atoms with Gasteiger partial charge in [0.25, 0.3) is 0 Å². The lowest BCUT2D eigenvalue weighted by atomic mass is 10.3. The zero-order chi connectivity index (χ0) is 10.9. The zero-order valence-corrected chi connectivity index (χ0v) is 9.27. The minimum absolute atomic E-state index is 0.0960. The molecule has 0 spiro atoms. The van der Waals surface area contributed by atoms with Gasteiger partial charge in [-0.15, -0.1) is 0 Å². The number of nitrogens with one attached hydrogen (secondary N) is 1. The molecule has 1 heterocycles. The van der Waals surface area contributed by atoms with Gasteiger partial charge >= 0.3 is 0 Å². The van der Waals surface area contributed by atoms with Crippen LogP contribution in [0.2, 0.25) is 0 Å². The second-order valence-corrected chi connectivity index (χ2v) is 3.27. The van der Waals surface area contributed by atoms with Crippen molar-refractivity contribution in [3.63, 3.8) is 0 Å². The van der Waals surface area contributed by atoms with E-state index in [-0.39, 0.29) is 6.10 Å². The third kappa shape index (κ3) is 4.88. The predicted molar refractivity (Wildman–Crippen MR) is 58.6 cm³/mol. The molecule has 1 aromatic rings. The Balaban J connectivity index is 2.20. The maximum Gasteiger partial charge on any atom is 0.0928 e. The molecule has 0 saturated carbocycles. The van der Waals surface area contributed by atoms with E-state index in [0.29, 0.717) is 6.61 Å². The van der Waals surface area contributed by atoms with Crippen LogP contribution in [0.4, 0.5) is 0 Å². The molecule has 0 aromatic carbocycles. The number of hydrogen-bond donors (Lipinski definition) is 1. The first-order valence-electron chi connectivity index (χ1n) is 4.99. The summed E-state index contributed by atoms with van der Waals surface area (Å²) >= 11 is 0. The van der Waals surface area contributed by atoms with Crippen LogP contribution < -0.4 is 5.32 Å². The number of ether oxygens (including phenoxy) is 2. The van der Waals surface area contributed by atoms with E-state index in [1.54, 1.807) is 20.4 Å². The monoisotopic (exact) mass is 210 g/mol. The molecule has 1 rings (SSSR count). The molecule has 1 aromatic heterocycles. The summed E-state index contributed by atoms with van der Waals surface area (Å²) in [7, 11) is 3.36. The highest BCUT2D eigenvalue weighted by Gasteiger charge is 2.05. The van der Waals surface area contributed by atoms with Crippen molar-refractivity contribution in [3.8, 4) is 0 Å². The van der Waals surface area contributed by atoms with Gasteiger partial charge in [-0.25, -0.2) is 0 Å². The quantitative estimate of drug-likeness (QED) is 0.724. The summed E-state index contributed by atoms with van der Waals surface area (Å²) in [5.41, 5.74) is 1.03. The topological polar surface area (TPSA) is 43.4 Å². The van der Waals surface area contributed by atoms with Crippen LogP contribution in [0.1, 0.15) is 5.69 Å². The van der Waals surface area contributed by atoms with Gasteiger partial charge in [0.15, 0.2) is 0 Å². The summed E-state index contributed by atoms with van der Waals surface area (Å²) in [6.45, 7) is 2.12. The molecule has 0 saturated heterocycles. The predicted octanol–water partition coefficient (Wildman–Crippen LogP) is 0.833. The van der Waals surface area contributed by atoms with Crippen molar-refractivity contribution < 1.29 is 9.47 Å². The van der Waals surface area contributed by atoms with Crippen LogP contribution in [0.25, 0.3) is 0 Å². The van der Waals surface area contributed by atoms with E-state index in [2.05, 4.69) is 10.3 Å². The van der Waals surface area contributed by atoms with Gasteiger partial charge in [0.05, 0.1) is 18.4 Å². The van der Waals surface area contributed by atoms with Gasteiger partial charge in [-0.2, -0.15) is 0 Å². The summed E-state index contributed by atoms with van der Waals surface area (Å²) in [5, 5.41) is 3.27. The maximum atomic E-state index is 5.22. The van der Waals surface area contributed by atoms with E-state index in [4.69, 9.17) is 9.47 Å². The fourth-order valence-electron chi connectivity index (χ4n) is 1.26. The number of aromatic nitrogens is 1. The van der Waals surface area contributed by atoms with E-state index < -0.39 is 0 Å². The van der Waals surface area contributed by atoms with Crippen molar-refractivity contribution in [2.45, 2.75) is 12.6 Å². The summed E-state index contributed by atoms with van der Waals surface area (Å²) in [6.07, 6.45) is 1.89. The molecule has 1 atom stereocenters. The minimum Gasteiger partial charge on any atom is -0.382 e. The fraction of sp³-hybridized carbons (Fsp3) is 0.545. The molecule has 0 aliphatic carbocycles. The van der Waals surface area contributed by atoms with Crippen molar-refractivity contribution in [2.75, 3.05) is 27.4 Å². The summed E-state index contributed by atoms with van der Waals surface area (Å²) < 4.78 is 10.2. The van der Waals surface area contributed by atoms with Crippen LogP contribution in [-0.4, -0.2) is 38.5 Å². The van der Waals surface area contributed by atoms with Gasteiger partial charge in [-0.05, 0) is 12.1 Å². The first kappa shape index (κ1) is 12.1. The van der Waals surface area contributed by atoms with E-state index in [9.17, 15) is 0 Å². The molecule has 1 unspecified atom stereocenters. The Morgan fingerprint density at radius 2 is 2.27 bits per heavy atom. The molecule has 4 heteroatoms. The molecule has 15 heavy (non-hydrogen) atoms. The summed E-state index contributed by atoms with van der Waals surface area (Å²) in [6, 6.07) is 5.88. The maximum absolute atomic E-state index is 5.22. The Labute approximate surface area is 90.6 Å². The van der Waals surface area contributed by atoms with Gasteiger partial charge < -0.3 is 14.8 Å². The second-order valence-electron chi connectivity index (χ2n) is 3.27. The third-order valence-corrected chi connectivity index (χ3v) is 2.09. The molecule has 0 bridgehead atoms.